The van der Waals surface area contributed by atoms with Crippen molar-refractivity contribution in [1.82, 2.24) is 19.6 Å². The molecule has 0 bridgehead atoms. The van der Waals surface area contributed by atoms with Gasteiger partial charge in [-0.25, -0.2) is 14.8 Å². The van der Waals surface area contributed by atoms with Crippen LogP contribution in [0.25, 0.3) is 10.8 Å². The number of fused-ring (bicyclic) bond motifs is 1. The number of nitrogen functional groups attached to an aromatic ring is 1. The van der Waals surface area contributed by atoms with Gasteiger partial charge < -0.3 is 29.6 Å². The number of nitrogens with two attached hydrogens (primary N) is 1. The topological polar surface area (TPSA) is 146 Å². The number of hydrogen-bond acceptors (Lipinski definition) is 11. The number of thiazole rings is 1. The number of likely N-dealkylation sites (tertiary alicyclic amines) is 1. The van der Waals surface area contributed by atoms with Crippen molar-refractivity contribution in [1.29, 1.82) is 0 Å². The molecule has 3 aromatic rings. The number of nitrogens with one attached hydrogen (secondary N) is 1. The van der Waals surface area contributed by atoms with Gasteiger partial charge in [0.15, 0.2) is 5.13 Å². The molecule has 2 fully saturated rings. The number of pyridine rings is 1. The van der Waals surface area contributed by atoms with Gasteiger partial charge in [-0.1, -0.05) is 0 Å². The molecule has 0 spiro atoms. The summed E-state index contributed by atoms with van der Waals surface area (Å²) in [7, 11) is 0. The van der Waals surface area contributed by atoms with Crippen LogP contribution in [0.3, 0.4) is 0 Å². The summed E-state index contributed by atoms with van der Waals surface area (Å²) in [6.45, 7) is 5.11. The molecule has 5 rings (SSSR count). The molecule has 1 amide bonds. The lowest BCUT2D eigenvalue weighted by Crippen LogP contribution is -2.49. The Hall–Kier alpha value is -3.34. The maximum atomic E-state index is 13.5. The van der Waals surface area contributed by atoms with Gasteiger partial charge in [-0.15, -0.1) is 17.9 Å². The zero-order valence-electron chi connectivity index (χ0n) is 23.4. The smallest absolute Gasteiger partial charge is 0.573 e. The minimum absolute atomic E-state index is 0.0111. The zero-order valence-corrected chi connectivity index (χ0v) is 25.1. The van der Waals surface area contributed by atoms with Crippen LogP contribution in [0.5, 0.6) is 5.75 Å². The third-order valence-electron chi connectivity index (χ3n) is 7.14. The predicted molar refractivity (Wildman–Crippen MR) is 155 cm³/mol. The van der Waals surface area contributed by atoms with Gasteiger partial charge >= 0.3 is 12.3 Å². The van der Waals surface area contributed by atoms with Crippen LogP contribution in [-0.4, -0.2) is 75.5 Å². The third kappa shape index (κ3) is 7.25. The van der Waals surface area contributed by atoms with Gasteiger partial charge in [0.1, 0.15) is 23.7 Å². The Morgan fingerprint density at radius 2 is 2.00 bits per heavy atom. The summed E-state index contributed by atoms with van der Waals surface area (Å²) < 4.78 is 66.3. The van der Waals surface area contributed by atoms with Crippen LogP contribution >= 0.6 is 11.3 Å². The number of alkyl halides is 3. The number of amides is 1. The van der Waals surface area contributed by atoms with Gasteiger partial charge in [-0.3, -0.25) is 4.79 Å². The van der Waals surface area contributed by atoms with E-state index >= 15 is 0 Å². The number of anilines is 2. The molecule has 0 saturated carbocycles. The zero-order chi connectivity index (χ0) is 30.9. The molecule has 1 aromatic carbocycles. The second kappa shape index (κ2) is 12.7. The highest BCUT2D eigenvalue weighted by Crippen LogP contribution is 2.35. The number of carbonyl (C=O) groups excluding carboxylic acids is 2. The number of hydrogen-bond donors (Lipinski definition) is 2. The standard InChI is InChI=1S/C27H31F3N6O5S2/c1-15(2)40-25(38)20(12-17-11-16-5-7-32-23(31)18(16)13-21(17)41-27(28,29)30)36-10-6-19(24(36)37)34-43(39)22-14-33-26(42-22)35-8-3-4-9-35/h5,7,11,13-15,19-20,34H,3-4,6,8-10,12H2,1-2H3,(H2,31,32)/t19-,20+,43?/m0/s1. The molecule has 2 aliphatic heterocycles. The van der Waals surface area contributed by atoms with Crippen LogP contribution in [0.1, 0.15) is 38.7 Å². The molecule has 43 heavy (non-hydrogen) atoms. The summed E-state index contributed by atoms with van der Waals surface area (Å²) in [5, 5.41) is 1.49. The Labute approximate surface area is 252 Å². The lowest BCUT2D eigenvalue weighted by Gasteiger charge is -2.28. The summed E-state index contributed by atoms with van der Waals surface area (Å²) in [5.74, 6) is -1.86. The van der Waals surface area contributed by atoms with Crippen LogP contribution < -0.4 is 20.1 Å². The van der Waals surface area contributed by atoms with Gasteiger partial charge in [0.25, 0.3) is 0 Å². The normalized spacial score (nSPS) is 19.0. The van der Waals surface area contributed by atoms with E-state index in [1.165, 1.54) is 34.7 Å². The van der Waals surface area contributed by atoms with Crippen molar-refractivity contribution in [3.63, 3.8) is 0 Å². The molecule has 1 unspecified atom stereocenters. The Balaban J connectivity index is 1.38. The van der Waals surface area contributed by atoms with Crippen LogP contribution in [0.4, 0.5) is 24.1 Å². The molecule has 0 aliphatic carbocycles. The number of ether oxygens (including phenoxy) is 2. The van der Waals surface area contributed by atoms with Gasteiger partial charge in [0.2, 0.25) is 10.1 Å². The minimum atomic E-state index is -5.03. The van der Waals surface area contributed by atoms with E-state index in [0.717, 1.165) is 37.1 Å². The Morgan fingerprint density at radius 1 is 1.26 bits per heavy atom. The highest BCUT2D eigenvalue weighted by Gasteiger charge is 2.43. The van der Waals surface area contributed by atoms with E-state index in [9.17, 15) is 27.3 Å². The van der Waals surface area contributed by atoms with E-state index < -0.39 is 53.5 Å². The fraction of sp³-hybridized carbons (Fsp3) is 0.481. The molecule has 11 nitrogen and oxygen atoms in total. The lowest BCUT2D eigenvalue weighted by molar-refractivity contribution is -0.274. The number of nitrogens with zero attached hydrogens (tertiary/aromatic N) is 4. The molecule has 0 radical (unpaired) electrons. The largest absolute Gasteiger partial charge is 0.592 e. The molecular formula is C27H31F3N6O5S2. The fourth-order valence-corrected chi connectivity index (χ4v) is 7.30. The van der Waals surface area contributed by atoms with Gasteiger partial charge in [0, 0.05) is 37.6 Å². The van der Waals surface area contributed by atoms with E-state index in [1.807, 2.05) is 0 Å². The maximum absolute atomic E-state index is 13.5. The second-order valence-corrected chi connectivity index (χ2v) is 13.0. The van der Waals surface area contributed by atoms with E-state index in [4.69, 9.17) is 10.5 Å². The first kappa shape index (κ1) is 31.1. The van der Waals surface area contributed by atoms with E-state index in [2.05, 4.69) is 24.3 Å². The second-order valence-electron chi connectivity index (χ2n) is 10.5. The lowest BCUT2D eigenvalue weighted by atomic mass is 10.00. The van der Waals surface area contributed by atoms with Gasteiger partial charge in [-0.2, -0.15) is 0 Å². The van der Waals surface area contributed by atoms with Gasteiger partial charge in [-0.05, 0) is 73.6 Å². The summed E-state index contributed by atoms with van der Waals surface area (Å²) >= 11 is -0.454. The SMILES string of the molecule is CC(C)OC(=O)[C@@H](Cc1cc2ccnc(N)c2cc1OC(F)(F)F)N1CC[C@H](N[S+]([O-])c2cnc(N3CCCC3)s2)C1=O. The van der Waals surface area contributed by atoms with Crippen molar-refractivity contribution in [3.05, 3.63) is 36.2 Å². The Kier molecular flexibility index (Phi) is 9.20. The Bertz CT molecular complexity index is 1480. The monoisotopic (exact) mass is 640 g/mol. The molecular weight excluding hydrogens is 609 g/mol. The number of rotatable bonds is 10. The molecule has 2 aromatic heterocycles. The first-order chi connectivity index (χ1) is 20.4. The van der Waals surface area contributed by atoms with Crippen molar-refractivity contribution in [3.8, 4) is 5.75 Å². The quantitative estimate of drug-likeness (QED) is 0.249. The number of halogens is 3. The van der Waals surface area contributed by atoms with Crippen LogP contribution in [-0.2, 0) is 32.1 Å². The summed E-state index contributed by atoms with van der Waals surface area (Å²) in [6, 6.07) is 1.96. The molecule has 2 aliphatic rings. The molecule has 3 atom stereocenters. The summed E-state index contributed by atoms with van der Waals surface area (Å²) in [5.41, 5.74) is 5.90. The van der Waals surface area contributed by atoms with E-state index in [1.54, 1.807) is 19.9 Å². The van der Waals surface area contributed by atoms with Crippen molar-refractivity contribution in [2.24, 2.45) is 0 Å². The van der Waals surface area contributed by atoms with Crippen LogP contribution in [0.2, 0.25) is 0 Å². The maximum Gasteiger partial charge on any atom is 0.573 e. The van der Waals surface area contributed by atoms with Crippen molar-refractivity contribution in [2.75, 3.05) is 30.3 Å². The Morgan fingerprint density at radius 3 is 2.70 bits per heavy atom. The molecule has 4 heterocycles. The third-order valence-corrected chi connectivity index (χ3v) is 9.66. The number of carbonyl (C=O) groups is 2. The number of aromatic nitrogens is 2. The molecule has 3 N–H and O–H groups in total. The predicted octanol–water partition coefficient (Wildman–Crippen LogP) is 3.55. The highest BCUT2D eigenvalue weighted by atomic mass is 32.2. The van der Waals surface area contributed by atoms with Crippen molar-refractivity contribution < 1.29 is 36.8 Å². The minimum Gasteiger partial charge on any atom is -0.592 e. The molecule has 2 saturated heterocycles. The van der Waals surface area contributed by atoms with E-state index in [0.29, 0.717) is 9.60 Å². The fourth-order valence-electron chi connectivity index (χ4n) is 5.19. The molecule has 232 valence electrons. The van der Waals surface area contributed by atoms with Gasteiger partial charge in [0.05, 0.1) is 23.7 Å². The van der Waals surface area contributed by atoms with Crippen LogP contribution in [0, 0.1) is 0 Å². The highest BCUT2D eigenvalue weighted by molar-refractivity contribution is 7.91. The summed E-state index contributed by atoms with van der Waals surface area (Å²) in [4.78, 5) is 38.5. The number of esters is 1. The average Bonchev–Trinajstić information content (AvgIpc) is 3.69. The first-order valence-corrected chi connectivity index (χ1v) is 15.7. The molecule has 16 heteroatoms. The van der Waals surface area contributed by atoms with Crippen molar-refractivity contribution >= 4 is 56.3 Å². The van der Waals surface area contributed by atoms with Crippen LogP contribution in [0.15, 0.2) is 34.8 Å². The average molecular weight is 641 g/mol. The number of benzene rings is 1. The summed E-state index contributed by atoms with van der Waals surface area (Å²) in [6.07, 6.45) is -0.613. The van der Waals surface area contributed by atoms with E-state index in [-0.39, 0.29) is 36.2 Å². The van der Waals surface area contributed by atoms with Crippen molar-refractivity contribution in [2.45, 2.75) is 68.3 Å². The first-order valence-electron chi connectivity index (χ1n) is 13.7.